The second-order valence-electron chi connectivity index (χ2n) is 6.91. The quantitative estimate of drug-likeness (QED) is 0.485. The molecule has 0 atom stereocenters. The van der Waals surface area contributed by atoms with Crippen molar-refractivity contribution in [2.45, 2.75) is 6.54 Å². The molecule has 0 aliphatic carbocycles. The Morgan fingerprint density at radius 3 is 2.41 bits per heavy atom. The third kappa shape index (κ3) is 2.72. The topological polar surface area (TPSA) is 68.1 Å². The number of nitrogens with zero attached hydrogens (tertiary/aromatic N) is 4. The summed E-state index contributed by atoms with van der Waals surface area (Å²) >= 11 is 6.04. The molecule has 142 valence electrons. The van der Waals surface area contributed by atoms with Crippen LogP contribution in [0.4, 0.5) is 0 Å². The lowest BCUT2D eigenvalue weighted by atomic mass is 10.0. The molecule has 0 radical (unpaired) electrons. The van der Waals surface area contributed by atoms with E-state index in [0.717, 1.165) is 16.0 Å². The third-order valence-corrected chi connectivity index (χ3v) is 5.36. The number of imide groups is 1. The lowest BCUT2D eigenvalue weighted by Crippen LogP contribution is -2.24. The number of benzene rings is 2. The van der Waals surface area contributed by atoms with Gasteiger partial charge < -0.3 is 0 Å². The largest absolute Gasteiger partial charge is 0.277 e. The molecule has 7 heteroatoms. The van der Waals surface area contributed by atoms with E-state index in [1.54, 1.807) is 16.8 Å². The van der Waals surface area contributed by atoms with Gasteiger partial charge in [-0.05, 0) is 17.7 Å². The molecule has 0 unspecified atom stereocenters. The number of halogens is 1. The van der Waals surface area contributed by atoms with Gasteiger partial charge in [-0.3, -0.25) is 14.5 Å². The molecule has 3 heterocycles. The van der Waals surface area contributed by atoms with Crippen LogP contribution < -0.4 is 0 Å². The fraction of sp³-hybridized carbons (Fsp3) is 0.0909. The molecule has 2 aromatic carbocycles. The summed E-state index contributed by atoms with van der Waals surface area (Å²) < 4.78 is 1.77. The Bertz CT molecular complexity index is 1280. The zero-order valence-electron chi connectivity index (χ0n) is 15.5. The Hall–Kier alpha value is -3.51. The van der Waals surface area contributed by atoms with Gasteiger partial charge in [0.25, 0.3) is 11.8 Å². The minimum Gasteiger partial charge on any atom is -0.277 e. The van der Waals surface area contributed by atoms with Crippen LogP contribution in [0.2, 0.25) is 5.02 Å². The second kappa shape index (κ2) is 6.53. The van der Waals surface area contributed by atoms with Crippen LogP contribution in [-0.2, 0) is 6.54 Å². The van der Waals surface area contributed by atoms with E-state index >= 15 is 0 Å². The maximum atomic E-state index is 12.8. The molecule has 1 aliphatic heterocycles. The zero-order valence-corrected chi connectivity index (χ0v) is 16.2. The van der Waals surface area contributed by atoms with Crippen LogP contribution in [0.25, 0.3) is 22.3 Å². The van der Waals surface area contributed by atoms with Crippen molar-refractivity contribution in [3.63, 3.8) is 0 Å². The van der Waals surface area contributed by atoms with E-state index in [2.05, 4.69) is 4.98 Å². The van der Waals surface area contributed by atoms with Crippen LogP contribution in [-0.4, -0.2) is 38.5 Å². The fourth-order valence-electron chi connectivity index (χ4n) is 3.64. The molecule has 6 nitrogen and oxygen atoms in total. The number of aromatic nitrogens is 3. The first-order chi connectivity index (χ1) is 14.0. The average Bonchev–Trinajstić information content (AvgIpc) is 3.20. The minimum absolute atomic E-state index is 0.305. The predicted octanol–water partition coefficient (Wildman–Crippen LogP) is 4.03. The number of amides is 2. The monoisotopic (exact) mass is 402 g/mol. The first-order valence-electron chi connectivity index (χ1n) is 9.06. The standard InChI is InChI=1S/C22H15ClN4O2/c1-26-21(28)16-11-24-20-18(17(16)22(26)29)19(14-7-9-15(23)10-8-14)25-27(20)12-13-5-3-2-4-6-13/h2-11H,12H2,1H3. The average molecular weight is 403 g/mol. The minimum atomic E-state index is -0.350. The van der Waals surface area contributed by atoms with Gasteiger partial charge >= 0.3 is 0 Å². The van der Waals surface area contributed by atoms with E-state index in [-0.39, 0.29) is 11.8 Å². The lowest BCUT2D eigenvalue weighted by Gasteiger charge is -2.04. The van der Waals surface area contributed by atoms with E-state index in [1.807, 2.05) is 42.5 Å². The van der Waals surface area contributed by atoms with Crippen molar-refractivity contribution >= 4 is 34.4 Å². The van der Waals surface area contributed by atoms with Crippen LogP contribution >= 0.6 is 11.6 Å². The van der Waals surface area contributed by atoms with E-state index in [0.29, 0.717) is 39.4 Å². The normalized spacial score (nSPS) is 13.4. The molecular formula is C22H15ClN4O2. The summed E-state index contributed by atoms with van der Waals surface area (Å²) in [6.45, 7) is 0.495. The van der Waals surface area contributed by atoms with Gasteiger partial charge in [-0.25, -0.2) is 9.67 Å². The zero-order chi connectivity index (χ0) is 20.1. The molecule has 1 aliphatic rings. The van der Waals surface area contributed by atoms with Gasteiger partial charge in [0.2, 0.25) is 0 Å². The van der Waals surface area contributed by atoms with Crippen molar-refractivity contribution in [2.24, 2.45) is 0 Å². The molecular weight excluding hydrogens is 388 g/mol. The lowest BCUT2D eigenvalue weighted by molar-refractivity contribution is 0.0693. The van der Waals surface area contributed by atoms with Gasteiger partial charge in [0.05, 0.1) is 23.1 Å². The number of carbonyl (C=O) groups excluding carboxylic acids is 2. The van der Waals surface area contributed by atoms with Gasteiger partial charge in [-0.2, -0.15) is 5.10 Å². The van der Waals surface area contributed by atoms with Crippen molar-refractivity contribution in [2.75, 3.05) is 7.05 Å². The number of rotatable bonds is 3. The predicted molar refractivity (Wildman–Crippen MR) is 110 cm³/mol. The Kier molecular flexibility index (Phi) is 3.96. The highest BCUT2D eigenvalue weighted by Gasteiger charge is 2.37. The highest BCUT2D eigenvalue weighted by Crippen LogP contribution is 2.35. The first-order valence-corrected chi connectivity index (χ1v) is 9.44. The van der Waals surface area contributed by atoms with Crippen LogP contribution in [0, 0.1) is 0 Å². The molecule has 0 saturated carbocycles. The second-order valence-corrected chi connectivity index (χ2v) is 7.35. The van der Waals surface area contributed by atoms with E-state index < -0.39 is 0 Å². The molecule has 2 aromatic heterocycles. The van der Waals surface area contributed by atoms with Crippen LogP contribution in [0.1, 0.15) is 26.3 Å². The molecule has 29 heavy (non-hydrogen) atoms. The number of carbonyl (C=O) groups is 2. The maximum absolute atomic E-state index is 12.8. The van der Waals surface area contributed by atoms with Gasteiger partial charge in [0.1, 0.15) is 5.69 Å². The molecule has 4 aromatic rings. The van der Waals surface area contributed by atoms with E-state index in [9.17, 15) is 9.59 Å². The molecule has 0 fully saturated rings. The summed E-state index contributed by atoms with van der Waals surface area (Å²) in [4.78, 5) is 30.9. The molecule has 0 bridgehead atoms. The number of pyridine rings is 1. The van der Waals surface area contributed by atoms with Crippen LogP contribution in [0.3, 0.4) is 0 Å². The van der Waals surface area contributed by atoms with Gasteiger partial charge in [0.15, 0.2) is 5.65 Å². The maximum Gasteiger partial charge on any atom is 0.262 e. The van der Waals surface area contributed by atoms with Crippen molar-refractivity contribution < 1.29 is 9.59 Å². The summed E-state index contributed by atoms with van der Waals surface area (Å²) in [5.41, 5.74) is 3.69. The summed E-state index contributed by atoms with van der Waals surface area (Å²) in [5, 5.41) is 5.97. The number of hydrogen-bond donors (Lipinski definition) is 0. The van der Waals surface area contributed by atoms with Gasteiger partial charge in [0, 0.05) is 23.8 Å². The van der Waals surface area contributed by atoms with Crippen molar-refractivity contribution in [3.05, 3.63) is 82.5 Å². The van der Waals surface area contributed by atoms with E-state index in [4.69, 9.17) is 16.7 Å². The van der Waals surface area contributed by atoms with E-state index in [1.165, 1.54) is 13.2 Å². The summed E-state index contributed by atoms with van der Waals surface area (Å²) in [5.74, 6) is -0.691. The highest BCUT2D eigenvalue weighted by atomic mass is 35.5. The van der Waals surface area contributed by atoms with Crippen molar-refractivity contribution in [1.82, 2.24) is 19.7 Å². The smallest absolute Gasteiger partial charge is 0.262 e. The van der Waals surface area contributed by atoms with Crippen molar-refractivity contribution in [1.29, 1.82) is 0 Å². The molecule has 0 spiro atoms. The Labute approximate surface area is 171 Å². The summed E-state index contributed by atoms with van der Waals surface area (Å²) in [7, 11) is 1.48. The Balaban J connectivity index is 1.79. The molecule has 2 amide bonds. The molecule has 5 rings (SSSR count). The summed E-state index contributed by atoms with van der Waals surface area (Å²) in [6, 6.07) is 17.1. The van der Waals surface area contributed by atoms with Gasteiger partial charge in [-0.1, -0.05) is 54.1 Å². The third-order valence-electron chi connectivity index (χ3n) is 5.11. The van der Waals surface area contributed by atoms with Crippen LogP contribution in [0.15, 0.2) is 60.8 Å². The van der Waals surface area contributed by atoms with Crippen LogP contribution in [0.5, 0.6) is 0 Å². The Morgan fingerprint density at radius 2 is 1.69 bits per heavy atom. The number of hydrogen-bond acceptors (Lipinski definition) is 4. The first kappa shape index (κ1) is 17.6. The van der Waals surface area contributed by atoms with Crippen molar-refractivity contribution in [3.8, 4) is 11.3 Å². The molecule has 0 saturated heterocycles. The highest BCUT2D eigenvalue weighted by molar-refractivity contribution is 6.30. The number of fused-ring (bicyclic) bond motifs is 3. The summed E-state index contributed by atoms with van der Waals surface area (Å²) in [6.07, 6.45) is 1.47. The Morgan fingerprint density at radius 1 is 0.966 bits per heavy atom. The van der Waals surface area contributed by atoms with Gasteiger partial charge in [-0.15, -0.1) is 0 Å². The molecule has 0 N–H and O–H groups in total. The fourth-order valence-corrected chi connectivity index (χ4v) is 3.77. The SMILES string of the molecule is CN1C(=O)c2cnc3c(c(-c4ccc(Cl)cc4)nn3Cc3ccccc3)c2C1=O.